The number of amides is 1. The number of carbonyl (C=O) groups excluding carboxylic acids is 1. The third-order valence-corrected chi connectivity index (χ3v) is 2.93. The second-order valence-corrected chi connectivity index (χ2v) is 4.44. The molecule has 0 spiro atoms. The maximum Gasteiger partial charge on any atom is 0.239 e. The third kappa shape index (κ3) is 3.44. The minimum absolute atomic E-state index is 0.0284. The summed E-state index contributed by atoms with van der Waals surface area (Å²) < 4.78 is 13.0. The smallest absolute Gasteiger partial charge is 0.239 e. The number of nitriles is 1. The molecule has 0 N–H and O–H groups in total. The lowest BCUT2D eigenvalue weighted by Crippen LogP contribution is -2.31. The molecule has 0 bridgehead atoms. The topological polar surface area (TPSA) is 44.1 Å². The maximum atomic E-state index is 13.0. The normalized spacial score (nSPS) is 11.7. The van der Waals surface area contributed by atoms with Crippen molar-refractivity contribution in [2.45, 2.75) is 19.9 Å². The summed E-state index contributed by atoms with van der Waals surface area (Å²) in [5, 5.41) is 8.85. The molecule has 0 saturated carbocycles. The Morgan fingerprint density at radius 3 is 2.78 bits per heavy atom. The number of rotatable bonds is 4. The van der Waals surface area contributed by atoms with Gasteiger partial charge in [0.1, 0.15) is 11.7 Å². The predicted octanol–water partition coefficient (Wildman–Crippen LogP) is 2.99. The van der Waals surface area contributed by atoms with Gasteiger partial charge in [-0.15, -0.1) is 0 Å². The van der Waals surface area contributed by atoms with E-state index in [0.717, 1.165) is 5.56 Å². The van der Waals surface area contributed by atoms with Gasteiger partial charge in [-0.1, -0.05) is 24.6 Å². The Kier molecular flexibility index (Phi) is 5.11. The fraction of sp³-hybridized carbons (Fsp3) is 0.385. The standard InChI is InChI=1S/C13H14ClFN2O/c1-3-10(7-16)13(18)17(2)8-9-4-5-12(15)11(14)6-9/h4-6,10H,3,8H2,1-2H3. The molecule has 0 aliphatic rings. The van der Waals surface area contributed by atoms with E-state index in [9.17, 15) is 9.18 Å². The molecule has 1 amide bonds. The molecular formula is C13H14ClFN2O. The molecule has 0 aromatic heterocycles. The molecule has 0 aliphatic carbocycles. The van der Waals surface area contributed by atoms with Crippen LogP contribution in [0.2, 0.25) is 5.02 Å². The molecule has 1 atom stereocenters. The van der Waals surface area contributed by atoms with Crippen LogP contribution in [-0.4, -0.2) is 17.9 Å². The van der Waals surface area contributed by atoms with Gasteiger partial charge >= 0.3 is 0 Å². The molecule has 5 heteroatoms. The lowest BCUT2D eigenvalue weighted by Gasteiger charge is -2.19. The monoisotopic (exact) mass is 268 g/mol. The molecule has 0 aliphatic heterocycles. The van der Waals surface area contributed by atoms with Crippen LogP contribution < -0.4 is 0 Å². The van der Waals surface area contributed by atoms with Crippen LogP contribution in [0, 0.1) is 23.1 Å². The molecule has 0 saturated heterocycles. The van der Waals surface area contributed by atoms with Crippen molar-refractivity contribution >= 4 is 17.5 Å². The molecule has 3 nitrogen and oxygen atoms in total. The van der Waals surface area contributed by atoms with Crippen molar-refractivity contribution in [3.05, 3.63) is 34.6 Å². The zero-order valence-electron chi connectivity index (χ0n) is 10.3. The van der Waals surface area contributed by atoms with Crippen LogP contribution in [0.15, 0.2) is 18.2 Å². The Morgan fingerprint density at radius 1 is 1.61 bits per heavy atom. The van der Waals surface area contributed by atoms with E-state index in [-0.39, 0.29) is 10.9 Å². The fourth-order valence-corrected chi connectivity index (χ4v) is 1.78. The fourth-order valence-electron chi connectivity index (χ4n) is 1.58. The summed E-state index contributed by atoms with van der Waals surface area (Å²) in [5.74, 6) is -1.36. The number of nitrogens with zero attached hydrogens (tertiary/aromatic N) is 2. The van der Waals surface area contributed by atoms with Crippen molar-refractivity contribution in [2.75, 3.05) is 7.05 Å². The number of carbonyl (C=O) groups is 1. The first-order valence-corrected chi connectivity index (χ1v) is 5.96. The minimum Gasteiger partial charge on any atom is -0.340 e. The number of benzene rings is 1. The Hall–Kier alpha value is -1.60. The first kappa shape index (κ1) is 14.5. The zero-order valence-corrected chi connectivity index (χ0v) is 11.0. The van der Waals surface area contributed by atoms with Crippen LogP contribution in [0.3, 0.4) is 0 Å². The second kappa shape index (κ2) is 6.36. The molecule has 1 rings (SSSR count). The minimum atomic E-state index is -0.633. The molecule has 0 heterocycles. The molecule has 1 aromatic rings. The summed E-state index contributed by atoms with van der Waals surface area (Å²) in [6.45, 7) is 2.09. The Morgan fingerprint density at radius 2 is 2.28 bits per heavy atom. The molecule has 18 heavy (non-hydrogen) atoms. The van der Waals surface area contributed by atoms with Crippen LogP contribution in [-0.2, 0) is 11.3 Å². The number of halogens is 2. The second-order valence-electron chi connectivity index (χ2n) is 4.03. The van der Waals surface area contributed by atoms with Crippen molar-refractivity contribution in [3.63, 3.8) is 0 Å². The van der Waals surface area contributed by atoms with Crippen LogP contribution in [0.5, 0.6) is 0 Å². The lowest BCUT2D eigenvalue weighted by atomic mass is 10.1. The molecule has 0 radical (unpaired) electrons. The summed E-state index contributed by atoms with van der Waals surface area (Å²) in [6.07, 6.45) is 0.476. The van der Waals surface area contributed by atoms with Gasteiger partial charge in [0.2, 0.25) is 5.91 Å². The van der Waals surface area contributed by atoms with E-state index in [1.54, 1.807) is 20.0 Å². The highest BCUT2D eigenvalue weighted by atomic mass is 35.5. The van der Waals surface area contributed by atoms with Crippen molar-refractivity contribution in [2.24, 2.45) is 5.92 Å². The SMILES string of the molecule is CCC(C#N)C(=O)N(C)Cc1ccc(F)c(Cl)c1. The van der Waals surface area contributed by atoms with E-state index >= 15 is 0 Å². The highest BCUT2D eigenvalue weighted by Crippen LogP contribution is 2.17. The highest BCUT2D eigenvalue weighted by molar-refractivity contribution is 6.30. The molecular weight excluding hydrogens is 255 g/mol. The first-order chi connectivity index (χ1) is 8.49. The van der Waals surface area contributed by atoms with Crippen molar-refractivity contribution in [1.29, 1.82) is 5.26 Å². The van der Waals surface area contributed by atoms with E-state index in [1.165, 1.54) is 17.0 Å². The first-order valence-electron chi connectivity index (χ1n) is 5.58. The summed E-state index contributed by atoms with van der Waals surface area (Å²) in [6, 6.07) is 6.27. The van der Waals surface area contributed by atoms with E-state index in [2.05, 4.69) is 0 Å². The quantitative estimate of drug-likeness (QED) is 0.843. The van der Waals surface area contributed by atoms with Gasteiger partial charge in [-0.2, -0.15) is 5.26 Å². The van der Waals surface area contributed by atoms with Gasteiger partial charge in [-0.05, 0) is 24.1 Å². The van der Waals surface area contributed by atoms with Gasteiger partial charge in [0, 0.05) is 13.6 Å². The van der Waals surface area contributed by atoms with Crippen molar-refractivity contribution in [1.82, 2.24) is 4.90 Å². The lowest BCUT2D eigenvalue weighted by molar-refractivity contribution is -0.133. The molecule has 0 fully saturated rings. The number of hydrogen-bond acceptors (Lipinski definition) is 2. The van der Waals surface area contributed by atoms with Crippen LogP contribution >= 0.6 is 11.6 Å². The Bertz CT molecular complexity index is 484. The summed E-state index contributed by atoms with van der Waals surface area (Å²) in [5.41, 5.74) is 0.727. The summed E-state index contributed by atoms with van der Waals surface area (Å²) in [4.78, 5) is 13.3. The van der Waals surface area contributed by atoms with Crippen LogP contribution in [0.4, 0.5) is 4.39 Å². The van der Waals surface area contributed by atoms with Crippen molar-refractivity contribution < 1.29 is 9.18 Å². The Labute approximate surface area is 111 Å². The van der Waals surface area contributed by atoms with E-state index in [0.29, 0.717) is 13.0 Å². The highest BCUT2D eigenvalue weighted by Gasteiger charge is 2.19. The van der Waals surface area contributed by atoms with E-state index < -0.39 is 11.7 Å². The average molecular weight is 269 g/mol. The van der Waals surface area contributed by atoms with Gasteiger partial charge < -0.3 is 4.90 Å². The number of hydrogen-bond donors (Lipinski definition) is 0. The Balaban J connectivity index is 2.75. The van der Waals surface area contributed by atoms with Crippen LogP contribution in [0.1, 0.15) is 18.9 Å². The van der Waals surface area contributed by atoms with Gasteiger partial charge in [0.25, 0.3) is 0 Å². The van der Waals surface area contributed by atoms with Gasteiger partial charge in [-0.25, -0.2) is 4.39 Å². The van der Waals surface area contributed by atoms with E-state index in [4.69, 9.17) is 16.9 Å². The average Bonchev–Trinajstić information content (AvgIpc) is 2.35. The van der Waals surface area contributed by atoms with Crippen LogP contribution in [0.25, 0.3) is 0 Å². The van der Waals surface area contributed by atoms with Gasteiger partial charge in [-0.3, -0.25) is 4.79 Å². The maximum absolute atomic E-state index is 13.0. The van der Waals surface area contributed by atoms with E-state index in [1.807, 2.05) is 6.07 Å². The van der Waals surface area contributed by atoms with Gasteiger partial charge in [0.15, 0.2) is 0 Å². The van der Waals surface area contributed by atoms with Gasteiger partial charge in [0.05, 0.1) is 11.1 Å². The summed E-state index contributed by atoms with van der Waals surface area (Å²) >= 11 is 5.66. The largest absolute Gasteiger partial charge is 0.340 e. The summed E-state index contributed by atoms with van der Waals surface area (Å²) in [7, 11) is 1.61. The third-order valence-electron chi connectivity index (χ3n) is 2.64. The zero-order chi connectivity index (χ0) is 13.7. The van der Waals surface area contributed by atoms with Crippen molar-refractivity contribution in [3.8, 4) is 6.07 Å². The predicted molar refractivity (Wildman–Crippen MR) is 67.3 cm³/mol. The molecule has 1 aromatic carbocycles. The molecule has 1 unspecified atom stereocenters. The molecule has 96 valence electrons.